The highest BCUT2D eigenvalue weighted by atomic mass is 32.1. The van der Waals surface area contributed by atoms with Crippen LogP contribution in [0.1, 0.15) is 0 Å². The number of nitrogens with zero attached hydrogens (tertiary/aromatic N) is 1. The average molecular weight is 268 g/mol. The molecule has 0 bridgehead atoms. The van der Waals surface area contributed by atoms with Gasteiger partial charge in [0.05, 0.1) is 0 Å². The first-order chi connectivity index (χ1) is 9.42. The molecule has 0 spiro atoms. The molecule has 0 unspecified atom stereocenters. The standard InChI is InChI=1S/C15H10NO2S/c1-3-7-12(8-4-1)17-14-15(19-11-16-14)18-13-9-5-2-6-10-13/h1-10H. The lowest BCUT2D eigenvalue weighted by Crippen LogP contribution is -1.87. The van der Waals surface area contributed by atoms with Crippen LogP contribution in [0.15, 0.2) is 60.7 Å². The third-order valence-corrected chi connectivity index (χ3v) is 3.00. The third-order valence-electron chi connectivity index (χ3n) is 2.37. The molecule has 0 N–H and O–H groups in total. The van der Waals surface area contributed by atoms with Crippen molar-refractivity contribution in [1.82, 2.24) is 4.98 Å². The van der Waals surface area contributed by atoms with E-state index in [0.29, 0.717) is 10.9 Å². The molecule has 1 radical (unpaired) electrons. The van der Waals surface area contributed by atoms with E-state index in [0.717, 1.165) is 11.5 Å². The first-order valence-electron chi connectivity index (χ1n) is 5.74. The molecule has 1 heterocycles. The van der Waals surface area contributed by atoms with Gasteiger partial charge < -0.3 is 9.47 Å². The molecule has 0 amide bonds. The topological polar surface area (TPSA) is 31.4 Å². The van der Waals surface area contributed by atoms with Gasteiger partial charge in [0.1, 0.15) is 11.5 Å². The van der Waals surface area contributed by atoms with Crippen LogP contribution in [0.4, 0.5) is 0 Å². The number of ether oxygens (including phenoxy) is 2. The van der Waals surface area contributed by atoms with Crippen molar-refractivity contribution in [2.45, 2.75) is 0 Å². The Morgan fingerprint density at radius 2 is 1.37 bits per heavy atom. The Kier molecular flexibility index (Phi) is 3.42. The minimum Gasteiger partial charge on any atom is -0.441 e. The van der Waals surface area contributed by atoms with Crippen LogP contribution in [0.25, 0.3) is 0 Å². The number of thiazole rings is 1. The van der Waals surface area contributed by atoms with Gasteiger partial charge in [0, 0.05) is 0 Å². The molecule has 0 fully saturated rings. The Morgan fingerprint density at radius 1 is 0.789 bits per heavy atom. The Balaban J connectivity index is 1.79. The first-order valence-corrected chi connectivity index (χ1v) is 6.56. The lowest BCUT2D eigenvalue weighted by Gasteiger charge is -2.06. The molecule has 0 saturated carbocycles. The van der Waals surface area contributed by atoms with Gasteiger partial charge >= 0.3 is 0 Å². The van der Waals surface area contributed by atoms with Crippen molar-refractivity contribution >= 4 is 11.3 Å². The summed E-state index contributed by atoms with van der Waals surface area (Å²) < 4.78 is 11.4. The highest BCUT2D eigenvalue weighted by molar-refractivity contribution is 7.11. The average Bonchev–Trinajstić information content (AvgIpc) is 2.88. The van der Waals surface area contributed by atoms with Crippen molar-refractivity contribution in [2.75, 3.05) is 0 Å². The Hall–Kier alpha value is -2.33. The fourth-order valence-corrected chi connectivity index (χ4v) is 2.04. The van der Waals surface area contributed by atoms with Gasteiger partial charge in [-0.05, 0) is 24.3 Å². The van der Waals surface area contributed by atoms with E-state index < -0.39 is 0 Å². The molecule has 0 aliphatic carbocycles. The number of rotatable bonds is 4. The van der Waals surface area contributed by atoms with E-state index in [1.54, 1.807) is 0 Å². The van der Waals surface area contributed by atoms with Crippen LogP contribution >= 0.6 is 11.3 Å². The lowest BCUT2D eigenvalue weighted by atomic mass is 10.3. The summed E-state index contributed by atoms with van der Waals surface area (Å²) in [7, 11) is 0. The molecule has 2 aromatic carbocycles. The molecule has 1 aromatic heterocycles. The van der Waals surface area contributed by atoms with E-state index >= 15 is 0 Å². The molecule has 0 aliphatic heterocycles. The molecule has 3 nitrogen and oxygen atoms in total. The Labute approximate surface area is 115 Å². The van der Waals surface area contributed by atoms with E-state index in [2.05, 4.69) is 10.5 Å². The maximum Gasteiger partial charge on any atom is 0.275 e. The van der Waals surface area contributed by atoms with Gasteiger partial charge in [-0.2, -0.15) is 4.98 Å². The zero-order valence-electron chi connectivity index (χ0n) is 9.95. The molecule has 19 heavy (non-hydrogen) atoms. The Bertz CT molecular complexity index is 582. The van der Waals surface area contributed by atoms with E-state index in [1.807, 2.05) is 60.7 Å². The van der Waals surface area contributed by atoms with Gasteiger partial charge in [0.2, 0.25) is 5.06 Å². The fourth-order valence-electron chi connectivity index (χ4n) is 1.52. The van der Waals surface area contributed by atoms with E-state index in [9.17, 15) is 0 Å². The van der Waals surface area contributed by atoms with Crippen molar-refractivity contribution in [1.29, 1.82) is 0 Å². The number of para-hydroxylation sites is 2. The summed E-state index contributed by atoms with van der Waals surface area (Å²) in [6.07, 6.45) is 0. The highest BCUT2D eigenvalue weighted by Gasteiger charge is 2.11. The summed E-state index contributed by atoms with van der Waals surface area (Å²) in [5.41, 5.74) is 2.78. The molecular formula is C15H10NO2S. The molecule has 0 saturated heterocycles. The quantitative estimate of drug-likeness (QED) is 0.696. The smallest absolute Gasteiger partial charge is 0.275 e. The van der Waals surface area contributed by atoms with Crippen LogP contribution in [-0.2, 0) is 0 Å². The minimum atomic E-state index is 0.431. The fraction of sp³-hybridized carbons (Fsp3) is 0. The second kappa shape index (κ2) is 5.54. The zero-order valence-corrected chi connectivity index (χ0v) is 10.8. The van der Waals surface area contributed by atoms with Crippen molar-refractivity contribution in [2.24, 2.45) is 0 Å². The number of hydrogen-bond acceptors (Lipinski definition) is 4. The molecular weight excluding hydrogens is 258 g/mol. The van der Waals surface area contributed by atoms with Crippen molar-refractivity contribution < 1.29 is 9.47 Å². The van der Waals surface area contributed by atoms with Crippen molar-refractivity contribution in [3.05, 3.63) is 66.2 Å². The molecule has 93 valence electrons. The van der Waals surface area contributed by atoms with Gasteiger partial charge in [-0.3, -0.25) is 0 Å². The van der Waals surface area contributed by atoms with Gasteiger partial charge in [0.15, 0.2) is 5.51 Å². The van der Waals surface area contributed by atoms with Crippen LogP contribution < -0.4 is 9.47 Å². The second-order valence-electron chi connectivity index (χ2n) is 3.73. The SMILES string of the molecule is [c]1nc(Oc2ccccc2)c(Oc2ccccc2)s1. The van der Waals surface area contributed by atoms with E-state index in [-0.39, 0.29) is 0 Å². The van der Waals surface area contributed by atoms with Crippen molar-refractivity contribution in [3.8, 4) is 22.4 Å². The van der Waals surface area contributed by atoms with Gasteiger partial charge in [0.25, 0.3) is 5.88 Å². The molecule has 4 heteroatoms. The maximum atomic E-state index is 5.72. The lowest BCUT2D eigenvalue weighted by molar-refractivity contribution is 0.416. The molecule has 0 atom stereocenters. The van der Waals surface area contributed by atoms with Gasteiger partial charge in [-0.1, -0.05) is 47.7 Å². The normalized spacial score (nSPS) is 10.1. The highest BCUT2D eigenvalue weighted by Crippen LogP contribution is 2.36. The van der Waals surface area contributed by atoms with Crippen LogP contribution in [0.2, 0.25) is 0 Å². The summed E-state index contributed by atoms with van der Waals surface area (Å²) >= 11 is 1.28. The van der Waals surface area contributed by atoms with E-state index in [1.165, 1.54) is 11.3 Å². The predicted octanol–water partition coefficient (Wildman–Crippen LogP) is 4.53. The summed E-state index contributed by atoms with van der Waals surface area (Å²) in [5.74, 6) is 1.90. The summed E-state index contributed by atoms with van der Waals surface area (Å²) in [6, 6.07) is 19.0. The zero-order chi connectivity index (χ0) is 12.9. The second-order valence-corrected chi connectivity index (χ2v) is 4.49. The monoisotopic (exact) mass is 268 g/mol. The Morgan fingerprint density at radius 3 is 2.00 bits per heavy atom. The van der Waals surface area contributed by atoms with Crippen molar-refractivity contribution in [3.63, 3.8) is 0 Å². The summed E-state index contributed by atoms with van der Waals surface area (Å²) in [6.45, 7) is 0. The van der Waals surface area contributed by atoms with E-state index in [4.69, 9.17) is 9.47 Å². The molecule has 3 rings (SSSR count). The van der Waals surface area contributed by atoms with Gasteiger partial charge in [-0.25, -0.2) is 0 Å². The largest absolute Gasteiger partial charge is 0.441 e. The third kappa shape index (κ3) is 2.92. The first kappa shape index (κ1) is 11.7. The van der Waals surface area contributed by atoms with Crippen LogP contribution in [0.5, 0.6) is 22.4 Å². The van der Waals surface area contributed by atoms with Crippen LogP contribution in [0.3, 0.4) is 0 Å². The van der Waals surface area contributed by atoms with Gasteiger partial charge in [-0.15, -0.1) is 0 Å². The molecule has 0 aliphatic rings. The maximum absolute atomic E-state index is 5.72. The number of hydrogen-bond donors (Lipinski definition) is 0. The molecule has 3 aromatic rings. The summed E-state index contributed by atoms with van der Waals surface area (Å²) in [4.78, 5) is 4.05. The number of aromatic nitrogens is 1. The van der Waals surface area contributed by atoms with Crippen LogP contribution in [-0.4, -0.2) is 4.98 Å². The predicted molar refractivity (Wildman–Crippen MR) is 74.0 cm³/mol. The number of benzene rings is 2. The minimum absolute atomic E-state index is 0.431. The van der Waals surface area contributed by atoms with Crippen LogP contribution in [0, 0.1) is 5.51 Å². The summed E-state index contributed by atoms with van der Waals surface area (Å²) in [5, 5.41) is 0.593.